The lowest BCUT2D eigenvalue weighted by atomic mass is 9.77. The van der Waals surface area contributed by atoms with Crippen LogP contribution >= 0.6 is 0 Å². The van der Waals surface area contributed by atoms with Gasteiger partial charge in [-0.05, 0) is 49.2 Å². The van der Waals surface area contributed by atoms with Crippen molar-refractivity contribution >= 4 is 34.4 Å². The summed E-state index contributed by atoms with van der Waals surface area (Å²) in [5, 5.41) is 19.1. The number of hydrogen-bond donors (Lipinski definition) is 1. The number of nitrogens with zero attached hydrogens (tertiary/aromatic N) is 6. The largest absolute Gasteiger partial charge is 0.494 e. The predicted molar refractivity (Wildman–Crippen MR) is 168 cm³/mol. The summed E-state index contributed by atoms with van der Waals surface area (Å²) < 4.78 is 14.0. The predicted octanol–water partition coefficient (Wildman–Crippen LogP) is 2.39. The van der Waals surface area contributed by atoms with Crippen molar-refractivity contribution in [3.05, 3.63) is 72.8 Å². The number of aliphatic hydroxyl groups excluding tert-OH is 1. The molecule has 12 nitrogen and oxygen atoms in total. The van der Waals surface area contributed by atoms with Gasteiger partial charge in [0.1, 0.15) is 29.6 Å². The Balaban J connectivity index is 1.28. The normalized spacial score (nSPS) is 28.0. The van der Waals surface area contributed by atoms with Gasteiger partial charge in [0.15, 0.2) is 0 Å². The van der Waals surface area contributed by atoms with Crippen LogP contribution in [0.5, 0.6) is 5.75 Å². The minimum Gasteiger partial charge on any atom is -0.494 e. The summed E-state index contributed by atoms with van der Waals surface area (Å²) >= 11 is 0. The molecule has 1 N–H and O–H groups in total. The smallest absolute Gasteiger partial charge is 0.250 e. The van der Waals surface area contributed by atoms with Crippen LogP contribution in [-0.4, -0.2) is 97.7 Å². The highest BCUT2D eigenvalue weighted by Crippen LogP contribution is 2.54. The SMILES string of the molecule is CCOc1ccc(N2CC=C[C@H]3O[C@]45C=CCN(Cn6nnc7ccccc76)C(=O)C4N([C@@H](CO)C(C)C)C(=O)[C@@H]5[C@H]3C2=O)cc1. The molecule has 3 amide bonds. The van der Waals surface area contributed by atoms with E-state index in [1.807, 2.05) is 93.6 Å². The lowest BCUT2D eigenvalue weighted by Gasteiger charge is -2.39. The van der Waals surface area contributed by atoms with Gasteiger partial charge in [0.05, 0.1) is 42.7 Å². The summed E-state index contributed by atoms with van der Waals surface area (Å²) in [6, 6.07) is 13.0. The number of ether oxygens (including phenoxy) is 2. The summed E-state index contributed by atoms with van der Waals surface area (Å²) in [5.74, 6) is -2.27. The first-order valence-corrected chi connectivity index (χ1v) is 15.9. The van der Waals surface area contributed by atoms with E-state index in [1.165, 1.54) is 4.90 Å². The van der Waals surface area contributed by atoms with Gasteiger partial charge in [-0.15, -0.1) is 5.10 Å². The second-order valence-corrected chi connectivity index (χ2v) is 12.6. The first-order chi connectivity index (χ1) is 22.3. The molecule has 5 heterocycles. The van der Waals surface area contributed by atoms with Crippen molar-refractivity contribution < 1.29 is 29.0 Å². The Hall–Kier alpha value is -4.55. The van der Waals surface area contributed by atoms with Crippen LogP contribution < -0.4 is 9.64 Å². The van der Waals surface area contributed by atoms with Gasteiger partial charge in [-0.1, -0.05) is 55.5 Å². The molecule has 46 heavy (non-hydrogen) atoms. The van der Waals surface area contributed by atoms with E-state index in [0.717, 1.165) is 5.52 Å². The number of hydrogen-bond acceptors (Lipinski definition) is 8. The first-order valence-electron chi connectivity index (χ1n) is 15.9. The van der Waals surface area contributed by atoms with Crippen molar-refractivity contribution in [2.45, 2.75) is 51.2 Å². The molecule has 3 aromatic rings. The molecule has 1 spiro atoms. The molecule has 0 aliphatic carbocycles. The molecule has 4 aliphatic heterocycles. The van der Waals surface area contributed by atoms with E-state index in [-0.39, 0.29) is 43.5 Å². The summed E-state index contributed by atoms with van der Waals surface area (Å²) in [6.45, 7) is 6.56. The van der Waals surface area contributed by atoms with Gasteiger partial charge in [-0.3, -0.25) is 14.4 Å². The number of likely N-dealkylation sites (tertiary alicyclic amines) is 1. The summed E-state index contributed by atoms with van der Waals surface area (Å²) in [5.41, 5.74) is 0.742. The Morgan fingerprint density at radius 1 is 1.02 bits per heavy atom. The van der Waals surface area contributed by atoms with Crippen molar-refractivity contribution in [3.63, 3.8) is 0 Å². The van der Waals surface area contributed by atoms with E-state index in [0.29, 0.717) is 30.1 Å². The second kappa shape index (κ2) is 11.7. The lowest BCUT2D eigenvalue weighted by molar-refractivity contribution is -0.152. The van der Waals surface area contributed by atoms with Crippen LogP contribution in [0.2, 0.25) is 0 Å². The highest BCUT2D eigenvalue weighted by atomic mass is 16.5. The number of anilines is 1. The fraction of sp³-hybridized carbons (Fsp3) is 0.441. The topological polar surface area (TPSA) is 130 Å². The van der Waals surface area contributed by atoms with E-state index in [4.69, 9.17) is 9.47 Å². The van der Waals surface area contributed by atoms with Crippen LogP contribution in [0.1, 0.15) is 20.8 Å². The van der Waals surface area contributed by atoms with Gasteiger partial charge < -0.3 is 29.3 Å². The maximum atomic E-state index is 14.7. The Kier molecular flexibility index (Phi) is 7.64. The summed E-state index contributed by atoms with van der Waals surface area (Å²) in [4.78, 5) is 48.6. The fourth-order valence-electron chi connectivity index (χ4n) is 7.53. The molecule has 2 aromatic carbocycles. The molecule has 240 valence electrons. The number of aromatic nitrogens is 3. The van der Waals surface area contributed by atoms with Crippen molar-refractivity contribution in [1.82, 2.24) is 24.8 Å². The Bertz CT molecular complexity index is 1720. The number of rotatable bonds is 8. The van der Waals surface area contributed by atoms with Gasteiger partial charge in [0.25, 0.3) is 5.91 Å². The standard InChI is InChI=1S/C34H38N6O6/c1-4-45-23-14-12-22(13-15-23)38-18-7-11-27-28(31(38)42)29-32(43)40(26(19-41)21(2)3)30-33(44)37(17-8-16-34(29,30)46-27)20-39-25-10-6-5-9-24(25)35-36-39/h5-16,21,26-30,41H,4,17-20H2,1-3H3/t26-,27+,28-,29-,30?,34-/m0/s1. The van der Waals surface area contributed by atoms with E-state index in [2.05, 4.69) is 10.3 Å². The van der Waals surface area contributed by atoms with Gasteiger partial charge in [0.2, 0.25) is 11.8 Å². The molecule has 2 fully saturated rings. The second-order valence-electron chi connectivity index (χ2n) is 12.6. The average molecular weight is 627 g/mol. The third-order valence-corrected chi connectivity index (χ3v) is 9.68. The van der Waals surface area contributed by atoms with Crippen molar-refractivity contribution in [1.29, 1.82) is 0 Å². The molecule has 12 heteroatoms. The highest BCUT2D eigenvalue weighted by Gasteiger charge is 2.72. The summed E-state index contributed by atoms with van der Waals surface area (Å²) in [7, 11) is 0. The quantitative estimate of drug-likeness (QED) is 0.378. The number of carbonyl (C=O) groups is 3. The van der Waals surface area contributed by atoms with E-state index in [1.54, 1.807) is 14.5 Å². The zero-order valence-corrected chi connectivity index (χ0v) is 26.1. The van der Waals surface area contributed by atoms with Gasteiger partial charge in [-0.25, -0.2) is 4.68 Å². The number of aliphatic hydroxyl groups is 1. The van der Waals surface area contributed by atoms with Gasteiger partial charge in [0, 0.05) is 18.8 Å². The van der Waals surface area contributed by atoms with Crippen LogP contribution in [0.25, 0.3) is 11.0 Å². The molecule has 2 saturated heterocycles. The molecular weight excluding hydrogens is 588 g/mol. The monoisotopic (exact) mass is 626 g/mol. The van der Waals surface area contributed by atoms with Crippen LogP contribution in [0.15, 0.2) is 72.8 Å². The molecule has 4 aliphatic rings. The van der Waals surface area contributed by atoms with Crippen LogP contribution in [0.3, 0.4) is 0 Å². The van der Waals surface area contributed by atoms with E-state index >= 15 is 0 Å². The van der Waals surface area contributed by atoms with Crippen molar-refractivity contribution in [2.24, 2.45) is 17.8 Å². The minimum absolute atomic E-state index is 0.103. The lowest BCUT2D eigenvalue weighted by Crippen LogP contribution is -2.59. The third kappa shape index (κ3) is 4.61. The van der Waals surface area contributed by atoms with Gasteiger partial charge in [-0.2, -0.15) is 0 Å². The molecule has 0 radical (unpaired) electrons. The zero-order valence-electron chi connectivity index (χ0n) is 26.1. The van der Waals surface area contributed by atoms with Crippen molar-refractivity contribution in [3.8, 4) is 5.75 Å². The Labute approximate surface area is 266 Å². The molecule has 7 rings (SSSR count). The fourth-order valence-corrected chi connectivity index (χ4v) is 7.53. The van der Waals surface area contributed by atoms with Crippen LogP contribution in [0, 0.1) is 17.8 Å². The van der Waals surface area contributed by atoms with E-state index in [9.17, 15) is 19.5 Å². The average Bonchev–Trinajstić information content (AvgIpc) is 3.60. The molecule has 0 saturated carbocycles. The molecular formula is C34H38N6O6. The molecule has 6 atom stereocenters. The molecule has 0 bridgehead atoms. The maximum absolute atomic E-state index is 14.7. The number of fused-ring (bicyclic) bond motifs is 3. The minimum atomic E-state index is -1.41. The van der Waals surface area contributed by atoms with Crippen LogP contribution in [0.4, 0.5) is 5.69 Å². The third-order valence-electron chi connectivity index (χ3n) is 9.68. The number of amides is 3. The Morgan fingerprint density at radius 3 is 2.54 bits per heavy atom. The van der Waals surface area contributed by atoms with E-state index < -0.39 is 35.6 Å². The zero-order chi connectivity index (χ0) is 32.2. The number of benzene rings is 2. The van der Waals surface area contributed by atoms with Crippen LogP contribution in [-0.2, 0) is 25.8 Å². The Morgan fingerprint density at radius 2 is 1.80 bits per heavy atom. The maximum Gasteiger partial charge on any atom is 0.250 e. The first kappa shape index (κ1) is 30.1. The highest BCUT2D eigenvalue weighted by molar-refractivity contribution is 6.04. The van der Waals surface area contributed by atoms with Gasteiger partial charge >= 0.3 is 0 Å². The number of para-hydroxylation sites is 1. The molecule has 1 unspecified atom stereocenters. The summed E-state index contributed by atoms with van der Waals surface area (Å²) in [6.07, 6.45) is 6.65. The molecule has 1 aromatic heterocycles. The number of carbonyl (C=O) groups excluding carboxylic acids is 3. The van der Waals surface area contributed by atoms with Crippen molar-refractivity contribution in [2.75, 3.05) is 31.2 Å².